The predicted molar refractivity (Wildman–Crippen MR) is 77.2 cm³/mol. The third-order valence-corrected chi connectivity index (χ3v) is 4.36. The number of hydrogen-bond acceptors (Lipinski definition) is 2. The molecule has 18 heavy (non-hydrogen) atoms. The second-order valence-corrected chi connectivity index (χ2v) is 6.01. The molecular weight excluding hydrogens is 220 g/mol. The highest BCUT2D eigenvalue weighted by Gasteiger charge is 2.28. The minimum Gasteiger partial charge on any atom is -0.326 e. The molecule has 1 aromatic carbocycles. The van der Waals surface area contributed by atoms with Gasteiger partial charge < -0.3 is 5.73 Å². The van der Waals surface area contributed by atoms with Crippen molar-refractivity contribution in [1.82, 2.24) is 4.90 Å². The van der Waals surface area contributed by atoms with Crippen LogP contribution in [0.3, 0.4) is 0 Å². The van der Waals surface area contributed by atoms with Crippen LogP contribution in [0.1, 0.15) is 38.3 Å². The molecule has 1 aliphatic heterocycles. The molecule has 0 radical (unpaired) electrons. The van der Waals surface area contributed by atoms with Gasteiger partial charge in [0.05, 0.1) is 0 Å². The lowest BCUT2D eigenvalue weighted by molar-refractivity contribution is 0.0729. The van der Waals surface area contributed by atoms with Gasteiger partial charge in [-0.05, 0) is 36.3 Å². The molecule has 3 unspecified atom stereocenters. The molecule has 0 spiro atoms. The monoisotopic (exact) mass is 246 g/mol. The number of benzene rings is 1. The Morgan fingerprint density at radius 2 is 1.72 bits per heavy atom. The molecule has 2 N–H and O–H groups in total. The Morgan fingerprint density at radius 3 is 2.33 bits per heavy atom. The second kappa shape index (κ2) is 5.85. The SMILES string of the molecule is CC1CC(C)C(C)N(Cc2ccc(CN)cc2)C1. The molecule has 1 aliphatic rings. The van der Waals surface area contributed by atoms with Crippen LogP contribution in [0.5, 0.6) is 0 Å². The molecule has 0 aromatic heterocycles. The molecule has 0 saturated carbocycles. The summed E-state index contributed by atoms with van der Waals surface area (Å²) in [6, 6.07) is 9.43. The van der Waals surface area contributed by atoms with Crippen LogP contribution in [-0.2, 0) is 13.1 Å². The van der Waals surface area contributed by atoms with Crippen molar-refractivity contribution in [2.45, 2.75) is 46.3 Å². The summed E-state index contributed by atoms with van der Waals surface area (Å²) in [6.45, 7) is 10.0. The quantitative estimate of drug-likeness (QED) is 0.888. The zero-order valence-electron chi connectivity index (χ0n) is 11.9. The summed E-state index contributed by atoms with van der Waals surface area (Å²) in [7, 11) is 0. The van der Waals surface area contributed by atoms with Gasteiger partial charge in [0.1, 0.15) is 0 Å². The summed E-state index contributed by atoms with van der Waals surface area (Å²) in [5.41, 5.74) is 8.25. The van der Waals surface area contributed by atoms with Crippen molar-refractivity contribution < 1.29 is 0 Å². The van der Waals surface area contributed by atoms with E-state index in [2.05, 4.69) is 49.9 Å². The number of nitrogens with zero attached hydrogens (tertiary/aromatic N) is 1. The van der Waals surface area contributed by atoms with Crippen LogP contribution in [-0.4, -0.2) is 17.5 Å². The molecule has 1 saturated heterocycles. The summed E-state index contributed by atoms with van der Waals surface area (Å²) < 4.78 is 0. The van der Waals surface area contributed by atoms with Crippen LogP contribution in [0.4, 0.5) is 0 Å². The highest BCUT2D eigenvalue weighted by Crippen LogP contribution is 2.28. The fourth-order valence-corrected chi connectivity index (χ4v) is 3.06. The van der Waals surface area contributed by atoms with E-state index in [-0.39, 0.29) is 0 Å². The van der Waals surface area contributed by atoms with Crippen molar-refractivity contribution in [2.24, 2.45) is 17.6 Å². The lowest BCUT2D eigenvalue weighted by atomic mass is 9.86. The third-order valence-electron chi connectivity index (χ3n) is 4.36. The highest BCUT2D eigenvalue weighted by molar-refractivity contribution is 5.22. The zero-order chi connectivity index (χ0) is 13.1. The van der Waals surface area contributed by atoms with Gasteiger partial charge in [-0.3, -0.25) is 4.90 Å². The number of piperidine rings is 1. The highest BCUT2D eigenvalue weighted by atomic mass is 15.2. The van der Waals surface area contributed by atoms with E-state index in [1.807, 2.05) is 0 Å². The third kappa shape index (κ3) is 3.12. The zero-order valence-corrected chi connectivity index (χ0v) is 11.9. The maximum atomic E-state index is 5.63. The smallest absolute Gasteiger partial charge is 0.0236 e. The van der Waals surface area contributed by atoms with Crippen molar-refractivity contribution in [1.29, 1.82) is 0 Å². The Morgan fingerprint density at radius 1 is 1.11 bits per heavy atom. The van der Waals surface area contributed by atoms with Crippen LogP contribution < -0.4 is 5.73 Å². The van der Waals surface area contributed by atoms with Crippen LogP contribution in [0.2, 0.25) is 0 Å². The van der Waals surface area contributed by atoms with E-state index in [1.54, 1.807) is 0 Å². The van der Waals surface area contributed by atoms with E-state index in [9.17, 15) is 0 Å². The van der Waals surface area contributed by atoms with E-state index in [0.717, 1.165) is 18.4 Å². The maximum Gasteiger partial charge on any atom is 0.0236 e. The molecular formula is C16H26N2. The summed E-state index contributed by atoms with van der Waals surface area (Å²) >= 11 is 0. The number of likely N-dealkylation sites (tertiary alicyclic amines) is 1. The second-order valence-electron chi connectivity index (χ2n) is 6.01. The molecule has 2 nitrogen and oxygen atoms in total. The molecule has 100 valence electrons. The predicted octanol–water partition coefficient (Wildman–Crippen LogP) is 3.01. The normalized spacial score (nSPS) is 29.4. The minimum absolute atomic E-state index is 0.633. The van der Waals surface area contributed by atoms with Gasteiger partial charge in [-0.2, -0.15) is 0 Å². The largest absolute Gasteiger partial charge is 0.326 e. The van der Waals surface area contributed by atoms with Gasteiger partial charge in [0.15, 0.2) is 0 Å². The van der Waals surface area contributed by atoms with Gasteiger partial charge >= 0.3 is 0 Å². The van der Waals surface area contributed by atoms with Gasteiger partial charge in [-0.25, -0.2) is 0 Å². The van der Waals surface area contributed by atoms with Crippen LogP contribution >= 0.6 is 0 Å². The van der Waals surface area contributed by atoms with Crippen molar-refractivity contribution >= 4 is 0 Å². The molecule has 0 aliphatic carbocycles. The van der Waals surface area contributed by atoms with Crippen molar-refractivity contribution in [3.05, 3.63) is 35.4 Å². The summed E-state index contributed by atoms with van der Waals surface area (Å²) in [6.07, 6.45) is 1.36. The Kier molecular flexibility index (Phi) is 4.41. The topological polar surface area (TPSA) is 29.3 Å². The van der Waals surface area contributed by atoms with E-state index in [1.165, 1.54) is 24.1 Å². The minimum atomic E-state index is 0.633. The van der Waals surface area contributed by atoms with Crippen LogP contribution in [0, 0.1) is 11.8 Å². The van der Waals surface area contributed by atoms with E-state index >= 15 is 0 Å². The van der Waals surface area contributed by atoms with Gasteiger partial charge in [0, 0.05) is 25.7 Å². The Hall–Kier alpha value is -0.860. The molecule has 1 heterocycles. The molecule has 0 bridgehead atoms. The first-order chi connectivity index (χ1) is 8.60. The first kappa shape index (κ1) is 13.6. The van der Waals surface area contributed by atoms with Gasteiger partial charge in [-0.1, -0.05) is 38.1 Å². The summed E-state index contributed by atoms with van der Waals surface area (Å²) in [4.78, 5) is 2.62. The molecule has 2 rings (SSSR count). The van der Waals surface area contributed by atoms with E-state index < -0.39 is 0 Å². The van der Waals surface area contributed by atoms with Gasteiger partial charge in [0.25, 0.3) is 0 Å². The molecule has 1 fully saturated rings. The van der Waals surface area contributed by atoms with Gasteiger partial charge in [0.2, 0.25) is 0 Å². The Balaban J connectivity index is 2.02. The standard InChI is InChI=1S/C16H26N2/c1-12-8-13(2)14(3)18(10-12)11-16-6-4-15(9-17)5-7-16/h4-7,12-14H,8-11,17H2,1-3H3. The number of rotatable bonds is 3. The summed E-state index contributed by atoms with van der Waals surface area (Å²) in [5, 5.41) is 0. The summed E-state index contributed by atoms with van der Waals surface area (Å²) in [5.74, 6) is 1.62. The average Bonchev–Trinajstić information content (AvgIpc) is 2.36. The fraction of sp³-hybridized carbons (Fsp3) is 0.625. The molecule has 0 amide bonds. The van der Waals surface area contributed by atoms with Gasteiger partial charge in [-0.15, -0.1) is 0 Å². The molecule has 3 atom stereocenters. The maximum absolute atomic E-state index is 5.63. The van der Waals surface area contributed by atoms with E-state index in [4.69, 9.17) is 5.73 Å². The Labute approximate surface area is 111 Å². The van der Waals surface area contributed by atoms with Crippen molar-refractivity contribution in [3.63, 3.8) is 0 Å². The van der Waals surface area contributed by atoms with E-state index in [0.29, 0.717) is 12.6 Å². The van der Waals surface area contributed by atoms with Crippen molar-refractivity contribution in [3.8, 4) is 0 Å². The lowest BCUT2D eigenvalue weighted by Gasteiger charge is -2.41. The average molecular weight is 246 g/mol. The first-order valence-electron chi connectivity index (χ1n) is 7.12. The molecule has 1 aromatic rings. The number of hydrogen-bond donors (Lipinski definition) is 1. The Bertz CT molecular complexity index is 371. The van der Waals surface area contributed by atoms with Crippen LogP contribution in [0.25, 0.3) is 0 Å². The molecule has 2 heteroatoms. The van der Waals surface area contributed by atoms with Crippen molar-refractivity contribution in [2.75, 3.05) is 6.54 Å². The fourth-order valence-electron chi connectivity index (χ4n) is 3.06. The number of nitrogens with two attached hydrogens (primary N) is 1. The first-order valence-corrected chi connectivity index (χ1v) is 7.12. The lowest BCUT2D eigenvalue weighted by Crippen LogP contribution is -2.45. The van der Waals surface area contributed by atoms with Crippen LogP contribution in [0.15, 0.2) is 24.3 Å².